The van der Waals surface area contributed by atoms with Crippen molar-refractivity contribution in [3.05, 3.63) is 0 Å². The predicted molar refractivity (Wildman–Crippen MR) is 48.1 cm³/mol. The van der Waals surface area contributed by atoms with E-state index in [1.807, 2.05) is 0 Å². The van der Waals surface area contributed by atoms with Crippen LogP contribution in [0.25, 0.3) is 0 Å². The zero-order valence-corrected chi connectivity index (χ0v) is 8.08. The van der Waals surface area contributed by atoms with Gasteiger partial charge in [0.05, 0.1) is 7.38 Å². The summed E-state index contributed by atoms with van der Waals surface area (Å²) in [5.74, 6) is 1.36. The van der Waals surface area contributed by atoms with Crippen molar-refractivity contribution < 1.29 is 9.63 Å². The lowest BCUT2D eigenvalue weighted by molar-refractivity contribution is 0.102. The Bertz CT molecular complexity index is 145. The highest BCUT2D eigenvalue weighted by Gasteiger charge is 2.37. The van der Waals surface area contributed by atoms with Crippen LogP contribution in [0.1, 0.15) is 20.3 Å². The van der Waals surface area contributed by atoms with E-state index in [4.69, 9.17) is 10.9 Å². The molecule has 0 bridgehead atoms. The standard InChI is InChI=1S/C8H17O2P/c1-5-3-7(4-9)8(10-11)6(5)2/h5-9H,3-4,11H2,1-2H3/i11T. The molecule has 5 unspecified atom stereocenters. The number of aliphatic hydroxyl groups is 1. The van der Waals surface area contributed by atoms with Gasteiger partial charge in [0.2, 0.25) is 0 Å². The van der Waals surface area contributed by atoms with Gasteiger partial charge < -0.3 is 9.63 Å². The summed E-state index contributed by atoms with van der Waals surface area (Å²) in [6.07, 6.45) is 1.15. The van der Waals surface area contributed by atoms with Crippen LogP contribution in [0.5, 0.6) is 0 Å². The zero-order chi connectivity index (χ0) is 9.14. The van der Waals surface area contributed by atoms with E-state index in [1.165, 1.54) is 0 Å². The van der Waals surface area contributed by atoms with Crippen molar-refractivity contribution in [2.75, 3.05) is 6.61 Å². The average Bonchev–Trinajstić information content (AvgIpc) is 2.33. The predicted octanol–water partition coefficient (Wildman–Crippen LogP) is 1.45. The third kappa shape index (κ3) is 1.74. The monoisotopic (exact) mass is 178 g/mol. The highest BCUT2D eigenvalue weighted by Crippen LogP contribution is 2.38. The molecule has 1 rings (SSSR count). The number of rotatable bonds is 3. The van der Waals surface area contributed by atoms with Crippen LogP contribution in [0.3, 0.4) is 0 Å². The maximum Gasteiger partial charge on any atom is 0.0851 e. The van der Waals surface area contributed by atoms with Crippen molar-refractivity contribution in [2.45, 2.75) is 26.4 Å². The molecule has 0 aromatic rings. The lowest BCUT2D eigenvalue weighted by Gasteiger charge is -2.19. The molecule has 0 aliphatic heterocycles. The second-order valence-corrected chi connectivity index (χ2v) is 3.83. The van der Waals surface area contributed by atoms with Crippen molar-refractivity contribution in [3.63, 3.8) is 0 Å². The summed E-state index contributed by atoms with van der Waals surface area (Å²) >= 11 is 0. The Hall–Kier alpha value is 0.350. The SMILES string of the molecule is [3H]POC1C(CO)CC(C)C1C. The van der Waals surface area contributed by atoms with Crippen LogP contribution in [0.2, 0.25) is 0 Å². The van der Waals surface area contributed by atoms with Crippen LogP contribution in [-0.2, 0) is 4.52 Å². The minimum absolute atomic E-state index is 0.112. The van der Waals surface area contributed by atoms with Gasteiger partial charge >= 0.3 is 0 Å². The summed E-state index contributed by atoms with van der Waals surface area (Å²) in [5, 5.41) is 9.06. The molecular weight excluding hydrogens is 159 g/mol. The van der Waals surface area contributed by atoms with E-state index < -0.39 is 0 Å². The Balaban J connectivity index is 2.53. The Morgan fingerprint density at radius 1 is 1.73 bits per heavy atom. The molecule has 66 valence electrons. The molecule has 11 heavy (non-hydrogen) atoms. The largest absolute Gasteiger partial charge is 0.396 e. The Morgan fingerprint density at radius 3 is 3.00 bits per heavy atom. The highest BCUT2D eigenvalue weighted by molar-refractivity contribution is 7.09. The van der Waals surface area contributed by atoms with Gasteiger partial charge in [0, 0.05) is 21.9 Å². The molecular formula is C8H17O2P. The molecule has 0 radical (unpaired) electrons. The quantitative estimate of drug-likeness (QED) is 0.663. The first-order chi connectivity index (χ1) is 5.70. The first-order valence-electron chi connectivity index (χ1n) is 4.64. The van der Waals surface area contributed by atoms with Gasteiger partial charge in [-0.3, -0.25) is 0 Å². The van der Waals surface area contributed by atoms with Crippen molar-refractivity contribution in [3.8, 4) is 0 Å². The summed E-state index contributed by atoms with van der Waals surface area (Å²) in [6, 6.07) is 0. The van der Waals surface area contributed by atoms with Gasteiger partial charge in [-0.25, -0.2) is 0 Å². The fourth-order valence-corrected chi connectivity index (χ4v) is 2.37. The molecule has 0 amide bonds. The van der Waals surface area contributed by atoms with E-state index in [9.17, 15) is 0 Å². The molecule has 1 aliphatic rings. The number of aliphatic hydroxyl groups excluding tert-OH is 1. The third-order valence-corrected chi connectivity index (χ3v) is 3.20. The molecule has 0 aromatic carbocycles. The molecule has 3 heteroatoms. The van der Waals surface area contributed by atoms with Crippen LogP contribution in [0.15, 0.2) is 0 Å². The van der Waals surface area contributed by atoms with Crippen molar-refractivity contribution >= 4 is 9.41 Å². The van der Waals surface area contributed by atoms with Crippen LogP contribution >= 0.6 is 9.41 Å². The van der Waals surface area contributed by atoms with E-state index in [0.29, 0.717) is 11.8 Å². The molecule has 2 nitrogen and oxygen atoms in total. The lowest BCUT2D eigenvalue weighted by Crippen LogP contribution is -2.23. The maximum atomic E-state index is 9.06. The second kappa shape index (κ2) is 3.84. The van der Waals surface area contributed by atoms with E-state index >= 15 is 0 Å². The first kappa shape index (κ1) is 7.97. The van der Waals surface area contributed by atoms with Crippen LogP contribution in [0.4, 0.5) is 0 Å². The Morgan fingerprint density at radius 2 is 2.45 bits per heavy atom. The normalized spacial score (nSPS) is 47.0. The van der Waals surface area contributed by atoms with Gasteiger partial charge in [0.1, 0.15) is 0 Å². The van der Waals surface area contributed by atoms with Gasteiger partial charge in [0.15, 0.2) is 0 Å². The summed E-state index contributed by atoms with van der Waals surface area (Å²) < 4.78 is 12.3. The minimum atomic E-state index is -0.205. The Labute approximate surface area is 71.9 Å². The van der Waals surface area contributed by atoms with Gasteiger partial charge in [-0.05, 0) is 18.3 Å². The smallest absolute Gasteiger partial charge is 0.0851 e. The van der Waals surface area contributed by atoms with Gasteiger partial charge in [-0.15, -0.1) is 0 Å². The molecule has 0 saturated heterocycles. The van der Waals surface area contributed by atoms with E-state index in [0.717, 1.165) is 6.42 Å². The van der Waals surface area contributed by atoms with Crippen LogP contribution in [0, 0.1) is 17.8 Å². The molecule has 1 fully saturated rings. The molecule has 1 saturated carbocycles. The summed E-state index contributed by atoms with van der Waals surface area (Å²) in [7, 11) is -0.205. The molecule has 1 N–H and O–H groups in total. The molecule has 0 heterocycles. The van der Waals surface area contributed by atoms with Crippen LogP contribution < -0.4 is 0 Å². The van der Waals surface area contributed by atoms with Crippen molar-refractivity contribution in [1.29, 1.82) is 1.28 Å². The maximum absolute atomic E-state index is 9.06. The number of hydrogen-bond donors (Lipinski definition) is 1. The van der Waals surface area contributed by atoms with Gasteiger partial charge in [0.25, 0.3) is 0 Å². The fourth-order valence-electron chi connectivity index (χ4n) is 1.96. The first-order valence-corrected chi connectivity index (χ1v) is 4.54. The van der Waals surface area contributed by atoms with Crippen molar-refractivity contribution in [2.24, 2.45) is 17.8 Å². The van der Waals surface area contributed by atoms with Gasteiger partial charge in [-0.1, -0.05) is 13.8 Å². The van der Waals surface area contributed by atoms with E-state index in [1.54, 1.807) is 0 Å². The minimum Gasteiger partial charge on any atom is -0.396 e. The zero-order valence-electron chi connectivity index (χ0n) is 8.08. The van der Waals surface area contributed by atoms with E-state index in [2.05, 4.69) is 13.8 Å². The molecule has 0 aromatic heterocycles. The molecule has 5 atom stereocenters. The van der Waals surface area contributed by atoms with Crippen molar-refractivity contribution in [1.82, 2.24) is 0 Å². The van der Waals surface area contributed by atoms with Gasteiger partial charge in [-0.2, -0.15) is 0 Å². The van der Waals surface area contributed by atoms with E-state index in [-0.39, 0.29) is 28.0 Å². The summed E-state index contributed by atoms with van der Waals surface area (Å²) in [4.78, 5) is 0. The second-order valence-electron chi connectivity index (χ2n) is 3.60. The van der Waals surface area contributed by atoms with Crippen LogP contribution in [-0.4, -0.2) is 19.1 Å². The topological polar surface area (TPSA) is 29.5 Å². The fraction of sp³-hybridized carbons (Fsp3) is 1.00. The summed E-state index contributed by atoms with van der Waals surface area (Å²) in [6.45, 7) is 4.53. The molecule has 0 spiro atoms. The average molecular weight is 178 g/mol. The summed E-state index contributed by atoms with van der Waals surface area (Å²) in [5.41, 5.74) is 0. The third-order valence-electron chi connectivity index (χ3n) is 2.93. The number of hydrogen-bond acceptors (Lipinski definition) is 2. The molecule has 1 aliphatic carbocycles. The highest BCUT2D eigenvalue weighted by atomic mass is 31.0. The lowest BCUT2D eigenvalue weighted by atomic mass is 9.99. The Kier molecular flexibility index (Phi) is 2.78.